The Kier molecular flexibility index (Phi) is 7.06. The average molecular weight is 354 g/mol. The second-order valence-electron chi connectivity index (χ2n) is 7.17. The first-order valence-electron chi connectivity index (χ1n) is 9.57. The van der Waals surface area contributed by atoms with E-state index in [4.69, 9.17) is 4.74 Å². The third kappa shape index (κ3) is 5.84. The van der Waals surface area contributed by atoms with Crippen LogP contribution in [0.3, 0.4) is 0 Å². The van der Waals surface area contributed by atoms with Gasteiger partial charge in [-0.1, -0.05) is 48.5 Å². The van der Waals surface area contributed by atoms with Crippen molar-refractivity contribution in [1.29, 1.82) is 0 Å². The monoisotopic (exact) mass is 354 g/mol. The van der Waals surface area contributed by atoms with Crippen LogP contribution in [0.5, 0.6) is 5.75 Å². The number of benzene rings is 2. The zero-order valence-electron chi connectivity index (χ0n) is 15.6. The van der Waals surface area contributed by atoms with Crippen LogP contribution in [0.25, 0.3) is 0 Å². The first-order chi connectivity index (χ1) is 12.7. The Bertz CT molecular complexity index is 654. The van der Waals surface area contributed by atoms with E-state index in [1.807, 2.05) is 31.2 Å². The predicted molar refractivity (Wildman–Crippen MR) is 105 cm³/mol. The molecule has 0 spiro atoms. The SMILES string of the molecule is Cc1ccccc1OCC(O)CNC1CCN(Cc2ccccc2)CC1. The van der Waals surface area contributed by atoms with Gasteiger partial charge in [0.15, 0.2) is 0 Å². The van der Waals surface area contributed by atoms with Gasteiger partial charge in [-0.05, 0) is 50.0 Å². The topological polar surface area (TPSA) is 44.7 Å². The molecule has 1 aliphatic rings. The number of nitrogens with zero attached hydrogens (tertiary/aromatic N) is 1. The van der Waals surface area contributed by atoms with E-state index < -0.39 is 6.10 Å². The van der Waals surface area contributed by atoms with Gasteiger partial charge in [0.1, 0.15) is 18.5 Å². The summed E-state index contributed by atoms with van der Waals surface area (Å²) in [6.45, 7) is 6.15. The average Bonchev–Trinajstić information content (AvgIpc) is 2.68. The molecule has 1 saturated heterocycles. The summed E-state index contributed by atoms with van der Waals surface area (Å²) in [7, 11) is 0. The van der Waals surface area contributed by atoms with Crippen LogP contribution < -0.4 is 10.1 Å². The van der Waals surface area contributed by atoms with Gasteiger partial charge >= 0.3 is 0 Å². The molecule has 0 saturated carbocycles. The van der Waals surface area contributed by atoms with E-state index in [0.29, 0.717) is 19.2 Å². The van der Waals surface area contributed by atoms with Crippen LogP contribution >= 0.6 is 0 Å². The number of rotatable bonds is 8. The number of likely N-dealkylation sites (tertiary alicyclic amines) is 1. The fraction of sp³-hybridized carbons (Fsp3) is 0.455. The number of aliphatic hydroxyl groups excluding tert-OH is 1. The molecule has 0 aliphatic carbocycles. The molecule has 1 fully saturated rings. The molecule has 140 valence electrons. The van der Waals surface area contributed by atoms with Crippen LogP contribution in [0.2, 0.25) is 0 Å². The summed E-state index contributed by atoms with van der Waals surface area (Å²) in [6, 6.07) is 19.0. The van der Waals surface area contributed by atoms with Crippen LogP contribution in [-0.4, -0.2) is 48.4 Å². The van der Waals surface area contributed by atoms with Gasteiger partial charge in [-0.2, -0.15) is 0 Å². The van der Waals surface area contributed by atoms with E-state index >= 15 is 0 Å². The van der Waals surface area contributed by atoms with Gasteiger partial charge in [-0.15, -0.1) is 0 Å². The van der Waals surface area contributed by atoms with E-state index in [2.05, 4.69) is 40.5 Å². The van der Waals surface area contributed by atoms with E-state index in [9.17, 15) is 5.11 Å². The Morgan fingerprint density at radius 2 is 1.77 bits per heavy atom. The number of aryl methyl sites for hydroxylation is 1. The highest BCUT2D eigenvalue weighted by Crippen LogP contribution is 2.16. The normalized spacial score (nSPS) is 17.2. The molecule has 4 heteroatoms. The maximum absolute atomic E-state index is 10.2. The Morgan fingerprint density at radius 3 is 2.50 bits per heavy atom. The molecule has 3 rings (SSSR count). The van der Waals surface area contributed by atoms with Crippen LogP contribution in [0.4, 0.5) is 0 Å². The van der Waals surface area contributed by atoms with E-state index in [0.717, 1.165) is 43.8 Å². The maximum atomic E-state index is 10.2. The first kappa shape index (κ1) is 18.9. The first-order valence-corrected chi connectivity index (χ1v) is 9.57. The lowest BCUT2D eigenvalue weighted by atomic mass is 10.0. The van der Waals surface area contributed by atoms with Gasteiger partial charge in [-0.25, -0.2) is 0 Å². The zero-order chi connectivity index (χ0) is 18.2. The molecule has 1 aliphatic heterocycles. The van der Waals surface area contributed by atoms with Crippen molar-refractivity contribution in [1.82, 2.24) is 10.2 Å². The molecule has 0 radical (unpaired) electrons. The standard InChI is InChI=1S/C22H30N2O2/c1-18-7-5-6-10-22(18)26-17-21(25)15-23-20-11-13-24(14-12-20)16-19-8-3-2-4-9-19/h2-10,20-21,23,25H,11-17H2,1H3. The molecule has 2 aromatic rings. The van der Waals surface area contributed by atoms with Gasteiger partial charge in [0.05, 0.1) is 0 Å². The number of hydrogen-bond acceptors (Lipinski definition) is 4. The van der Waals surface area contributed by atoms with Gasteiger partial charge in [0.2, 0.25) is 0 Å². The fourth-order valence-electron chi connectivity index (χ4n) is 3.40. The van der Waals surface area contributed by atoms with Crippen molar-refractivity contribution < 1.29 is 9.84 Å². The number of aliphatic hydroxyl groups is 1. The maximum Gasteiger partial charge on any atom is 0.122 e. The lowest BCUT2D eigenvalue weighted by Gasteiger charge is -2.33. The fourth-order valence-corrected chi connectivity index (χ4v) is 3.40. The van der Waals surface area contributed by atoms with Crippen LogP contribution in [0.15, 0.2) is 54.6 Å². The van der Waals surface area contributed by atoms with Crippen molar-refractivity contribution >= 4 is 0 Å². The van der Waals surface area contributed by atoms with Crippen molar-refractivity contribution in [3.63, 3.8) is 0 Å². The van der Waals surface area contributed by atoms with Crippen molar-refractivity contribution in [2.45, 2.75) is 38.5 Å². The van der Waals surface area contributed by atoms with Gasteiger partial charge in [0, 0.05) is 19.1 Å². The summed E-state index contributed by atoms with van der Waals surface area (Å²) in [5.41, 5.74) is 2.47. The van der Waals surface area contributed by atoms with Crippen LogP contribution in [0.1, 0.15) is 24.0 Å². The summed E-state index contributed by atoms with van der Waals surface area (Å²) in [6.07, 6.45) is 1.76. The van der Waals surface area contributed by atoms with E-state index in [-0.39, 0.29) is 0 Å². The summed E-state index contributed by atoms with van der Waals surface area (Å²) < 4.78 is 5.72. The Morgan fingerprint density at radius 1 is 1.08 bits per heavy atom. The summed E-state index contributed by atoms with van der Waals surface area (Å²) in [5.74, 6) is 0.848. The highest BCUT2D eigenvalue weighted by Gasteiger charge is 2.19. The molecule has 0 amide bonds. The number of hydrogen-bond donors (Lipinski definition) is 2. The molecule has 0 aromatic heterocycles. The largest absolute Gasteiger partial charge is 0.491 e. The molecule has 1 heterocycles. The quantitative estimate of drug-likeness (QED) is 0.765. The number of nitrogens with one attached hydrogen (secondary N) is 1. The van der Waals surface area contributed by atoms with Crippen molar-refractivity contribution in [3.05, 3.63) is 65.7 Å². The number of piperidine rings is 1. The van der Waals surface area contributed by atoms with Crippen molar-refractivity contribution in [2.75, 3.05) is 26.2 Å². The summed E-state index contributed by atoms with van der Waals surface area (Å²) in [5, 5.41) is 13.7. The molecular weight excluding hydrogens is 324 g/mol. The molecule has 2 N–H and O–H groups in total. The minimum absolute atomic E-state index is 0.324. The number of ether oxygens (including phenoxy) is 1. The third-order valence-corrected chi connectivity index (χ3v) is 5.00. The molecule has 1 unspecified atom stereocenters. The minimum Gasteiger partial charge on any atom is -0.491 e. The second kappa shape index (κ2) is 9.72. The Labute approximate surface area is 156 Å². The van der Waals surface area contributed by atoms with Crippen LogP contribution in [0, 0.1) is 6.92 Å². The molecule has 2 aromatic carbocycles. The molecule has 4 nitrogen and oxygen atoms in total. The molecule has 0 bridgehead atoms. The molecule has 1 atom stereocenters. The molecular formula is C22H30N2O2. The Hall–Kier alpha value is -1.88. The van der Waals surface area contributed by atoms with E-state index in [1.54, 1.807) is 0 Å². The van der Waals surface area contributed by atoms with E-state index in [1.165, 1.54) is 5.56 Å². The lowest BCUT2D eigenvalue weighted by Crippen LogP contribution is -2.45. The smallest absolute Gasteiger partial charge is 0.122 e. The highest BCUT2D eigenvalue weighted by molar-refractivity contribution is 5.31. The summed E-state index contributed by atoms with van der Waals surface area (Å²) in [4.78, 5) is 2.51. The van der Waals surface area contributed by atoms with Crippen molar-refractivity contribution in [2.24, 2.45) is 0 Å². The van der Waals surface area contributed by atoms with Gasteiger partial charge in [0.25, 0.3) is 0 Å². The van der Waals surface area contributed by atoms with Gasteiger partial charge < -0.3 is 15.2 Å². The zero-order valence-corrected chi connectivity index (χ0v) is 15.6. The molecule has 26 heavy (non-hydrogen) atoms. The lowest BCUT2D eigenvalue weighted by molar-refractivity contribution is 0.0976. The predicted octanol–water partition coefficient (Wildman–Crippen LogP) is 2.99. The highest BCUT2D eigenvalue weighted by atomic mass is 16.5. The third-order valence-electron chi connectivity index (χ3n) is 5.00. The number of para-hydroxylation sites is 1. The van der Waals surface area contributed by atoms with Crippen molar-refractivity contribution in [3.8, 4) is 5.75 Å². The Balaban J connectivity index is 1.32. The van der Waals surface area contributed by atoms with Gasteiger partial charge in [-0.3, -0.25) is 4.90 Å². The second-order valence-corrected chi connectivity index (χ2v) is 7.17. The minimum atomic E-state index is -0.489. The van der Waals surface area contributed by atoms with Crippen LogP contribution in [-0.2, 0) is 6.54 Å². The summed E-state index contributed by atoms with van der Waals surface area (Å²) >= 11 is 0.